The van der Waals surface area contributed by atoms with Crippen LogP contribution in [0.2, 0.25) is 0 Å². The Balaban J connectivity index is 1.82. The summed E-state index contributed by atoms with van der Waals surface area (Å²) in [6.07, 6.45) is 9.71. The lowest BCUT2D eigenvalue weighted by molar-refractivity contribution is 0.475. The summed E-state index contributed by atoms with van der Waals surface area (Å²) in [4.78, 5) is 3.48. The minimum atomic E-state index is 0.201. The average Bonchev–Trinajstić information content (AvgIpc) is 2.85. The summed E-state index contributed by atoms with van der Waals surface area (Å²) in [7, 11) is 0. The van der Waals surface area contributed by atoms with E-state index in [1.807, 2.05) is 24.3 Å². The van der Waals surface area contributed by atoms with Gasteiger partial charge in [-0.15, -0.1) is 6.42 Å². The number of phenolic OH excluding ortho intramolecular Hbond substituents is 1. The lowest BCUT2D eigenvalue weighted by Crippen LogP contribution is -2.27. The predicted octanol–water partition coefficient (Wildman–Crippen LogP) is 3.98. The van der Waals surface area contributed by atoms with Crippen molar-refractivity contribution in [1.29, 1.82) is 0 Å². The van der Waals surface area contributed by atoms with Crippen molar-refractivity contribution in [3.8, 4) is 18.1 Å². The Bertz CT molecular complexity index is 700. The van der Waals surface area contributed by atoms with Crippen LogP contribution in [0.4, 0.5) is 5.69 Å². The summed E-state index contributed by atoms with van der Waals surface area (Å²) in [5, 5.41) is 9.51. The smallest absolute Gasteiger partial charge is 0.115 e. The Labute approximate surface area is 129 Å². The van der Waals surface area contributed by atoms with Crippen LogP contribution in [0.25, 0.3) is 6.08 Å². The molecule has 1 aliphatic heterocycles. The number of phenols is 1. The highest BCUT2D eigenvalue weighted by molar-refractivity contribution is 8.00. The van der Waals surface area contributed by atoms with Crippen molar-refractivity contribution in [3.05, 3.63) is 60.2 Å². The zero-order valence-corrected chi connectivity index (χ0v) is 12.3. The highest BCUT2D eigenvalue weighted by Crippen LogP contribution is 2.43. The summed E-state index contributed by atoms with van der Waals surface area (Å²) >= 11 is 1.80. The molecule has 1 N–H and O–H groups in total. The van der Waals surface area contributed by atoms with Gasteiger partial charge < -0.3 is 10.0 Å². The van der Waals surface area contributed by atoms with E-state index in [1.165, 1.54) is 10.6 Å². The molecule has 1 atom stereocenters. The fourth-order valence-electron chi connectivity index (χ4n) is 2.32. The van der Waals surface area contributed by atoms with Crippen LogP contribution in [0.15, 0.2) is 59.5 Å². The number of para-hydroxylation sites is 1. The van der Waals surface area contributed by atoms with Crippen LogP contribution in [-0.4, -0.2) is 17.0 Å². The van der Waals surface area contributed by atoms with Gasteiger partial charge in [0.1, 0.15) is 5.75 Å². The van der Waals surface area contributed by atoms with Crippen LogP contribution >= 0.6 is 11.8 Å². The molecule has 0 fully saturated rings. The van der Waals surface area contributed by atoms with Crippen LogP contribution < -0.4 is 4.90 Å². The van der Waals surface area contributed by atoms with Crippen molar-refractivity contribution < 1.29 is 5.11 Å². The molecular formula is C18H15NOS. The third kappa shape index (κ3) is 2.91. The molecule has 3 heteroatoms. The van der Waals surface area contributed by atoms with Crippen molar-refractivity contribution >= 4 is 23.5 Å². The van der Waals surface area contributed by atoms with E-state index in [0.717, 1.165) is 5.56 Å². The Kier molecular flexibility index (Phi) is 3.89. The molecule has 0 radical (unpaired) electrons. The molecule has 2 aromatic rings. The van der Waals surface area contributed by atoms with Gasteiger partial charge in [0, 0.05) is 4.90 Å². The molecule has 2 aromatic carbocycles. The molecule has 3 rings (SSSR count). The summed E-state index contributed by atoms with van der Waals surface area (Å²) in [5.74, 6) is 3.01. The number of thioether (sulfide) groups is 1. The van der Waals surface area contributed by atoms with Crippen molar-refractivity contribution in [2.24, 2.45) is 0 Å². The first-order valence-electron chi connectivity index (χ1n) is 6.71. The first-order valence-corrected chi connectivity index (χ1v) is 7.59. The first-order chi connectivity index (χ1) is 10.3. The topological polar surface area (TPSA) is 23.5 Å². The average molecular weight is 293 g/mol. The van der Waals surface area contributed by atoms with Crippen molar-refractivity contribution in [2.45, 2.75) is 10.3 Å². The molecule has 0 saturated carbocycles. The number of rotatable bonds is 3. The maximum absolute atomic E-state index is 9.31. The second-order valence-electron chi connectivity index (χ2n) is 4.76. The van der Waals surface area contributed by atoms with E-state index >= 15 is 0 Å². The summed E-state index contributed by atoms with van der Waals surface area (Å²) < 4.78 is 0. The second kappa shape index (κ2) is 5.99. The van der Waals surface area contributed by atoms with E-state index in [2.05, 4.69) is 35.1 Å². The van der Waals surface area contributed by atoms with E-state index in [0.29, 0.717) is 6.54 Å². The number of terminal acetylenes is 1. The van der Waals surface area contributed by atoms with E-state index in [1.54, 1.807) is 23.9 Å². The van der Waals surface area contributed by atoms with Crippen molar-refractivity contribution in [3.63, 3.8) is 0 Å². The SMILES string of the molecule is C#CCN1c2ccccc2SC1/C=C/c1ccc(O)cc1. The van der Waals surface area contributed by atoms with Crippen LogP contribution in [0.5, 0.6) is 5.75 Å². The highest BCUT2D eigenvalue weighted by Gasteiger charge is 2.26. The van der Waals surface area contributed by atoms with Crippen molar-refractivity contribution in [2.75, 3.05) is 11.4 Å². The Morgan fingerprint density at radius 3 is 2.71 bits per heavy atom. The minimum absolute atomic E-state index is 0.201. The number of nitrogens with zero attached hydrogens (tertiary/aromatic N) is 1. The van der Waals surface area contributed by atoms with Gasteiger partial charge in [-0.3, -0.25) is 0 Å². The Hall–Kier alpha value is -2.31. The molecule has 1 heterocycles. The fraction of sp³-hybridized carbons (Fsp3) is 0.111. The van der Waals surface area contributed by atoms with E-state index < -0.39 is 0 Å². The molecule has 104 valence electrons. The molecule has 0 spiro atoms. The number of anilines is 1. The van der Waals surface area contributed by atoms with Gasteiger partial charge in [-0.05, 0) is 29.8 Å². The molecule has 0 bridgehead atoms. The van der Waals surface area contributed by atoms with E-state index in [4.69, 9.17) is 6.42 Å². The molecule has 0 aliphatic carbocycles. The maximum Gasteiger partial charge on any atom is 0.115 e. The van der Waals surface area contributed by atoms with Gasteiger partial charge in [0.15, 0.2) is 0 Å². The molecule has 1 unspecified atom stereocenters. The third-order valence-electron chi connectivity index (χ3n) is 3.34. The lowest BCUT2D eigenvalue weighted by atomic mass is 10.2. The number of aromatic hydroxyl groups is 1. The van der Waals surface area contributed by atoms with Gasteiger partial charge >= 0.3 is 0 Å². The number of hydrogen-bond acceptors (Lipinski definition) is 3. The monoisotopic (exact) mass is 293 g/mol. The van der Waals surface area contributed by atoms with Crippen LogP contribution in [0.1, 0.15) is 5.56 Å². The number of benzene rings is 2. The normalized spacial score (nSPS) is 16.9. The zero-order valence-electron chi connectivity index (χ0n) is 11.4. The number of hydrogen-bond donors (Lipinski definition) is 1. The van der Waals surface area contributed by atoms with Crippen molar-refractivity contribution in [1.82, 2.24) is 0 Å². The summed E-state index contributed by atoms with van der Waals surface area (Å²) in [6.45, 7) is 0.592. The Morgan fingerprint density at radius 1 is 1.19 bits per heavy atom. The largest absolute Gasteiger partial charge is 0.508 e. The Morgan fingerprint density at radius 2 is 1.95 bits per heavy atom. The minimum Gasteiger partial charge on any atom is -0.508 e. The second-order valence-corrected chi connectivity index (χ2v) is 5.92. The maximum atomic E-state index is 9.31. The molecular weight excluding hydrogens is 278 g/mol. The lowest BCUT2D eigenvalue weighted by Gasteiger charge is -2.21. The molecule has 2 nitrogen and oxygen atoms in total. The van der Waals surface area contributed by atoms with Crippen LogP contribution in [0, 0.1) is 12.3 Å². The quantitative estimate of drug-likeness (QED) is 0.866. The molecule has 0 amide bonds. The van der Waals surface area contributed by atoms with Gasteiger partial charge in [-0.1, -0.05) is 54.1 Å². The summed E-state index contributed by atoms with van der Waals surface area (Å²) in [6, 6.07) is 15.5. The van der Waals surface area contributed by atoms with Gasteiger partial charge in [-0.2, -0.15) is 0 Å². The summed E-state index contributed by atoms with van der Waals surface area (Å²) in [5.41, 5.74) is 2.26. The molecule has 0 aromatic heterocycles. The van der Waals surface area contributed by atoms with Gasteiger partial charge in [0.2, 0.25) is 0 Å². The molecule has 21 heavy (non-hydrogen) atoms. The van der Waals surface area contributed by atoms with Crippen LogP contribution in [0.3, 0.4) is 0 Å². The van der Waals surface area contributed by atoms with Crippen LogP contribution in [-0.2, 0) is 0 Å². The first kappa shape index (κ1) is 13.7. The van der Waals surface area contributed by atoms with Gasteiger partial charge in [-0.25, -0.2) is 0 Å². The van der Waals surface area contributed by atoms with Gasteiger partial charge in [0.25, 0.3) is 0 Å². The molecule has 0 saturated heterocycles. The van der Waals surface area contributed by atoms with E-state index in [-0.39, 0.29) is 11.1 Å². The van der Waals surface area contributed by atoms with Gasteiger partial charge in [0.05, 0.1) is 17.6 Å². The number of fused-ring (bicyclic) bond motifs is 1. The molecule has 1 aliphatic rings. The zero-order chi connectivity index (χ0) is 14.7. The predicted molar refractivity (Wildman–Crippen MR) is 89.4 cm³/mol. The van der Waals surface area contributed by atoms with E-state index in [9.17, 15) is 5.11 Å². The third-order valence-corrected chi connectivity index (χ3v) is 4.59. The highest BCUT2D eigenvalue weighted by atomic mass is 32.2. The fourth-order valence-corrected chi connectivity index (χ4v) is 3.52. The standard InChI is InChI=1S/C18H15NOS/c1-2-13-19-16-5-3-4-6-17(16)21-18(19)12-9-14-7-10-15(20)11-8-14/h1,3-12,18,20H,13H2/b12-9+.